The molecular formula is C32H35N3O3S. The average molecular weight is 542 g/mol. The van der Waals surface area contributed by atoms with Gasteiger partial charge in [-0.3, -0.25) is 0 Å². The van der Waals surface area contributed by atoms with Crippen LogP contribution in [0.2, 0.25) is 0 Å². The summed E-state index contributed by atoms with van der Waals surface area (Å²) in [6.07, 6.45) is 8.58. The quantitative estimate of drug-likeness (QED) is 0.285. The molecule has 0 aliphatic heterocycles. The summed E-state index contributed by atoms with van der Waals surface area (Å²) in [7, 11) is 3.65. The Bertz CT molecular complexity index is 1540. The fourth-order valence-corrected chi connectivity index (χ4v) is 5.14. The van der Waals surface area contributed by atoms with Gasteiger partial charge in [-0.25, -0.2) is 13.0 Å². The second kappa shape index (κ2) is 11.8. The molecule has 0 saturated heterocycles. The number of rotatable bonds is 8. The minimum atomic E-state index is -4.49. The van der Waals surface area contributed by atoms with Gasteiger partial charge in [0.15, 0.2) is 5.71 Å². The van der Waals surface area contributed by atoms with Crippen molar-refractivity contribution in [1.29, 1.82) is 0 Å². The molecule has 7 heteroatoms. The molecule has 1 aliphatic carbocycles. The van der Waals surface area contributed by atoms with E-state index >= 15 is 0 Å². The van der Waals surface area contributed by atoms with Gasteiger partial charge >= 0.3 is 0 Å². The zero-order valence-corrected chi connectivity index (χ0v) is 23.9. The van der Waals surface area contributed by atoms with E-state index in [-0.39, 0.29) is 4.90 Å². The van der Waals surface area contributed by atoms with E-state index in [1.54, 1.807) is 6.07 Å². The highest BCUT2D eigenvalue weighted by atomic mass is 32.2. The van der Waals surface area contributed by atoms with Gasteiger partial charge in [-0.05, 0) is 83.3 Å². The summed E-state index contributed by atoms with van der Waals surface area (Å²) in [5, 5.41) is 0. The third-order valence-corrected chi connectivity index (χ3v) is 7.64. The molecule has 0 amide bonds. The number of anilines is 2. The van der Waals surface area contributed by atoms with Crippen molar-refractivity contribution >= 4 is 32.8 Å². The van der Waals surface area contributed by atoms with E-state index in [4.69, 9.17) is 0 Å². The third-order valence-electron chi connectivity index (χ3n) is 6.81. The van der Waals surface area contributed by atoms with Crippen molar-refractivity contribution in [2.75, 3.05) is 44.5 Å². The molecule has 1 aliphatic rings. The first kappa shape index (κ1) is 28.1. The van der Waals surface area contributed by atoms with E-state index in [1.165, 1.54) is 12.1 Å². The van der Waals surface area contributed by atoms with Crippen LogP contribution in [-0.4, -0.2) is 58.0 Å². The zero-order chi connectivity index (χ0) is 28.2. The Labute approximate surface area is 232 Å². The molecule has 0 unspecified atom stereocenters. The largest absolute Gasteiger partial charge is 0.744 e. The lowest BCUT2D eigenvalue weighted by atomic mass is 9.90. The van der Waals surface area contributed by atoms with Crippen LogP contribution in [0.4, 0.5) is 11.4 Å². The van der Waals surface area contributed by atoms with E-state index in [0.717, 1.165) is 51.5 Å². The molecule has 0 saturated carbocycles. The molecule has 6 nitrogen and oxygen atoms in total. The Kier molecular flexibility index (Phi) is 8.53. The van der Waals surface area contributed by atoms with Crippen molar-refractivity contribution in [3.63, 3.8) is 0 Å². The third kappa shape index (κ3) is 6.74. The maximum Gasteiger partial charge on any atom is 0.199 e. The van der Waals surface area contributed by atoms with Crippen LogP contribution in [0.25, 0.3) is 5.57 Å². The highest BCUT2D eigenvalue weighted by Crippen LogP contribution is 2.32. The second-order valence-electron chi connectivity index (χ2n) is 9.92. The lowest BCUT2D eigenvalue weighted by molar-refractivity contribution is -0.462. The van der Waals surface area contributed by atoms with E-state index in [1.807, 2.05) is 34.3 Å². The molecule has 0 heterocycles. The van der Waals surface area contributed by atoms with Gasteiger partial charge in [0.25, 0.3) is 0 Å². The van der Waals surface area contributed by atoms with Crippen LogP contribution in [0.15, 0.2) is 108 Å². The van der Waals surface area contributed by atoms with E-state index in [2.05, 4.69) is 94.1 Å². The predicted octanol–water partition coefficient (Wildman–Crippen LogP) is 5.32. The Morgan fingerprint density at radius 2 is 1.38 bits per heavy atom. The van der Waals surface area contributed by atoms with Crippen molar-refractivity contribution in [1.82, 2.24) is 0 Å². The lowest BCUT2D eigenvalue weighted by Gasteiger charge is -2.24. The van der Waals surface area contributed by atoms with Crippen LogP contribution in [0.5, 0.6) is 0 Å². The molecular weight excluding hydrogens is 506 g/mol. The molecule has 0 bridgehead atoms. The van der Waals surface area contributed by atoms with E-state index < -0.39 is 10.1 Å². The molecule has 202 valence electrons. The molecule has 0 N–H and O–H groups in total. The Morgan fingerprint density at radius 1 is 0.821 bits per heavy atom. The van der Waals surface area contributed by atoms with Gasteiger partial charge in [-0.15, -0.1) is 0 Å². The van der Waals surface area contributed by atoms with Gasteiger partial charge < -0.3 is 14.4 Å². The molecule has 4 rings (SSSR count). The van der Waals surface area contributed by atoms with Crippen molar-refractivity contribution < 1.29 is 17.5 Å². The number of benzene rings is 3. The maximum atomic E-state index is 11.5. The topological polar surface area (TPSA) is 66.7 Å². The highest BCUT2D eigenvalue weighted by Gasteiger charge is 2.15. The first-order valence-corrected chi connectivity index (χ1v) is 14.3. The molecule has 0 fully saturated rings. The van der Waals surface area contributed by atoms with Crippen molar-refractivity contribution in [2.45, 2.75) is 18.4 Å². The highest BCUT2D eigenvalue weighted by molar-refractivity contribution is 7.85. The molecule has 39 heavy (non-hydrogen) atoms. The second-order valence-corrected chi connectivity index (χ2v) is 11.3. The summed E-state index contributed by atoms with van der Waals surface area (Å²) < 4.78 is 36.5. The van der Waals surface area contributed by atoms with Crippen molar-refractivity contribution in [2.24, 2.45) is 0 Å². The molecule has 3 aromatic carbocycles. The van der Waals surface area contributed by atoms with Gasteiger partial charge in [0.1, 0.15) is 24.2 Å². The fourth-order valence-electron chi connectivity index (χ4n) is 4.60. The first-order chi connectivity index (χ1) is 18.6. The van der Waals surface area contributed by atoms with Crippen LogP contribution in [-0.2, 0) is 16.7 Å². The molecule has 0 atom stereocenters. The summed E-state index contributed by atoms with van der Waals surface area (Å²) in [5.74, 6) is 0. The predicted molar refractivity (Wildman–Crippen MR) is 160 cm³/mol. The summed E-state index contributed by atoms with van der Waals surface area (Å²) in [5.41, 5.74) is 8.59. The first-order valence-electron chi connectivity index (χ1n) is 12.9. The lowest BCUT2D eigenvalue weighted by Crippen LogP contribution is -2.22. The monoisotopic (exact) mass is 541 g/mol. The zero-order valence-electron chi connectivity index (χ0n) is 23.1. The van der Waals surface area contributed by atoms with Crippen LogP contribution in [0, 0.1) is 0 Å². The van der Waals surface area contributed by atoms with Gasteiger partial charge in [0.2, 0.25) is 0 Å². The van der Waals surface area contributed by atoms with Crippen molar-refractivity contribution in [3.8, 4) is 0 Å². The smallest absolute Gasteiger partial charge is 0.199 e. The summed E-state index contributed by atoms with van der Waals surface area (Å²) in [6.45, 7) is 3.27. The van der Waals surface area contributed by atoms with E-state index in [9.17, 15) is 13.0 Å². The Morgan fingerprint density at radius 3 is 1.87 bits per heavy atom. The molecule has 0 radical (unpaired) electrons. The minimum Gasteiger partial charge on any atom is -0.744 e. The number of hydrogen-bond acceptors (Lipinski definition) is 5. The average Bonchev–Trinajstić information content (AvgIpc) is 2.92. The maximum absolute atomic E-state index is 11.5. The standard InChI is InChI=1S/C32H35N3O3S/c1-6-35(23-24-8-7-9-31(22-24)39(36,37)38)30-20-14-27(15-21-30)32(25-10-16-28(17-11-25)33(2)3)26-12-18-29(19-13-26)34(4)5/h7-22H,6,23H2,1-5H3. The number of allylic oxidation sites excluding steroid dienone is 5. The summed E-state index contributed by atoms with van der Waals surface area (Å²) in [4.78, 5) is 4.04. The molecule has 3 aromatic rings. The molecule has 0 spiro atoms. The number of nitrogens with zero attached hydrogens (tertiary/aromatic N) is 3. The van der Waals surface area contributed by atoms with E-state index in [0.29, 0.717) is 6.54 Å². The summed E-state index contributed by atoms with van der Waals surface area (Å²) >= 11 is 0. The number of hydrogen-bond donors (Lipinski definition) is 0. The van der Waals surface area contributed by atoms with Crippen LogP contribution >= 0.6 is 0 Å². The SMILES string of the molecule is CCN(Cc1cccc(S(=O)(=O)[O-])c1)c1ccc(C(=C2C=CC(=[N+](C)C)C=C2)c2ccc(N(C)C)cc2)cc1. The van der Waals surface area contributed by atoms with Crippen molar-refractivity contribution in [3.05, 3.63) is 119 Å². The normalized spacial score (nSPS) is 13.0. The Balaban J connectivity index is 1.69. The van der Waals surface area contributed by atoms with Gasteiger partial charge in [0.05, 0.1) is 4.90 Å². The van der Waals surface area contributed by atoms with Gasteiger partial charge in [0, 0.05) is 50.7 Å². The van der Waals surface area contributed by atoms with Crippen LogP contribution in [0.1, 0.15) is 23.6 Å². The summed E-state index contributed by atoms with van der Waals surface area (Å²) in [6, 6.07) is 23.3. The van der Waals surface area contributed by atoms with Crippen LogP contribution in [0.3, 0.4) is 0 Å². The van der Waals surface area contributed by atoms with Gasteiger partial charge in [-0.2, -0.15) is 0 Å². The van der Waals surface area contributed by atoms with Gasteiger partial charge in [-0.1, -0.05) is 36.4 Å². The Hall–Kier alpha value is -3.94. The fraction of sp³-hybridized carbons (Fsp3) is 0.219. The minimum absolute atomic E-state index is 0.203. The van der Waals surface area contributed by atoms with Crippen LogP contribution < -0.4 is 9.80 Å². The molecule has 0 aromatic heterocycles.